The van der Waals surface area contributed by atoms with Gasteiger partial charge in [-0.2, -0.15) is 149 Å². The van der Waals surface area contributed by atoms with Crippen molar-refractivity contribution in [2.45, 2.75) is 115 Å². The highest BCUT2D eigenvalue weighted by atomic mass is 19.4. The monoisotopic (exact) mass is 1040 g/mol. The Kier molecular flexibility index (Phi) is 16.9. The van der Waals surface area contributed by atoms with E-state index in [4.69, 9.17) is 5.11 Å². The average molecular weight is 1040 g/mol. The molecule has 0 aromatic heterocycles. The Morgan fingerprint density at radius 3 is 0.828 bits per heavy atom. The van der Waals surface area contributed by atoms with Crippen molar-refractivity contribution in [3.63, 3.8) is 0 Å². The van der Waals surface area contributed by atoms with Crippen molar-refractivity contribution in [1.82, 2.24) is 0 Å². The molecular formula is C26H14F34O4. The minimum Gasteiger partial charge on any atom is -0.478 e. The molecule has 380 valence electrons. The van der Waals surface area contributed by atoms with Crippen LogP contribution in [0, 0.1) is 0 Å². The summed E-state index contributed by atoms with van der Waals surface area (Å²) in [6.07, 6.45) is -23.0. The van der Waals surface area contributed by atoms with Gasteiger partial charge >= 0.3 is 107 Å². The van der Waals surface area contributed by atoms with Gasteiger partial charge in [0.15, 0.2) is 0 Å². The molecule has 0 unspecified atom stereocenters. The van der Waals surface area contributed by atoms with Gasteiger partial charge in [-0.3, -0.25) is 0 Å². The summed E-state index contributed by atoms with van der Waals surface area (Å²) >= 11 is 0. The van der Waals surface area contributed by atoms with Crippen LogP contribution in [-0.4, -0.2) is 119 Å². The minimum absolute atomic E-state index is 0.197. The lowest BCUT2D eigenvalue weighted by Gasteiger charge is -2.42. The Morgan fingerprint density at radius 2 is 0.609 bits per heavy atom. The maximum absolute atomic E-state index is 13.4. The van der Waals surface area contributed by atoms with E-state index in [0.717, 1.165) is 0 Å². The van der Waals surface area contributed by atoms with Gasteiger partial charge in [-0.25, -0.2) is 9.59 Å². The molecule has 0 aliphatic heterocycles. The fourth-order valence-electron chi connectivity index (χ4n) is 3.46. The van der Waals surface area contributed by atoms with Crippen molar-refractivity contribution in [3.05, 3.63) is 24.8 Å². The van der Waals surface area contributed by atoms with Crippen LogP contribution in [0.2, 0.25) is 0 Å². The van der Waals surface area contributed by atoms with Crippen LogP contribution in [-0.2, 0) is 14.3 Å². The molecule has 0 aliphatic rings. The van der Waals surface area contributed by atoms with Crippen LogP contribution < -0.4 is 0 Å². The molecule has 64 heavy (non-hydrogen) atoms. The highest BCUT2D eigenvalue weighted by molar-refractivity contribution is 5.85. The predicted octanol–water partition coefficient (Wildman–Crippen LogP) is 12.5. The smallest absolute Gasteiger partial charge is 0.460 e. The van der Waals surface area contributed by atoms with E-state index in [1.165, 1.54) is 0 Å². The van der Waals surface area contributed by atoms with E-state index in [1.54, 1.807) is 0 Å². The molecular weight excluding hydrogens is 1020 g/mol. The van der Waals surface area contributed by atoms with Crippen molar-refractivity contribution in [2.24, 2.45) is 0 Å². The van der Waals surface area contributed by atoms with E-state index in [1.807, 2.05) is 0 Å². The Hall–Kier alpha value is -3.96. The average Bonchev–Trinajstić information content (AvgIpc) is 3.08. The number of alkyl halides is 34. The largest absolute Gasteiger partial charge is 0.478 e. The van der Waals surface area contributed by atoms with Gasteiger partial charge in [0.1, 0.15) is 0 Å². The summed E-state index contributed by atoms with van der Waals surface area (Å²) in [7, 11) is 0. The number of aliphatic carboxylic acids is 1. The standard InChI is InChI=1S/2C13H7F17O2/c1-4(5(31)32)2-3-6(14,15)7(16,17)8(18,19)9(20,21)10(22,23)11(24,25)12(26,27)13(28,29)30;1-2-5(31)32-4-3-6(14,15)7(16,17)8(18,19)9(20,21)10(22,23)11(24,25)12(26,27)13(28,29)30/h1-3H2,(H,31,32);2H,1,3-4H2. The summed E-state index contributed by atoms with van der Waals surface area (Å²) in [5, 5.41) is 8.26. The molecule has 0 aromatic rings. The van der Waals surface area contributed by atoms with E-state index in [-0.39, 0.29) is 6.08 Å². The number of carboxylic acid groups (broad SMARTS) is 1. The van der Waals surface area contributed by atoms with Gasteiger partial charge in [0.25, 0.3) is 0 Å². The number of ether oxygens (including phenoxy) is 1. The van der Waals surface area contributed by atoms with Crippen LogP contribution in [0.1, 0.15) is 19.3 Å². The number of hydrogen-bond acceptors (Lipinski definition) is 3. The first kappa shape index (κ1) is 62.1. The third-order valence-electron chi connectivity index (χ3n) is 7.44. The molecule has 0 rings (SSSR count). The number of hydrogen-bond donors (Lipinski definition) is 1. The van der Waals surface area contributed by atoms with Crippen LogP contribution in [0.4, 0.5) is 149 Å². The highest BCUT2D eigenvalue weighted by Crippen LogP contribution is 2.66. The van der Waals surface area contributed by atoms with Gasteiger partial charge < -0.3 is 9.84 Å². The maximum atomic E-state index is 13.4. The van der Waals surface area contributed by atoms with E-state index in [0.29, 0.717) is 0 Å². The molecule has 0 fully saturated rings. The topological polar surface area (TPSA) is 63.6 Å². The number of carbonyl (C=O) groups is 2. The maximum Gasteiger partial charge on any atom is 0.460 e. The number of rotatable bonds is 20. The Bertz CT molecular complexity index is 1680. The molecule has 0 amide bonds. The molecule has 0 aliphatic carbocycles. The molecule has 0 aromatic carbocycles. The van der Waals surface area contributed by atoms with Crippen molar-refractivity contribution >= 4 is 11.9 Å². The normalized spacial score (nSPS) is 15.6. The third-order valence-corrected chi connectivity index (χ3v) is 7.44. The van der Waals surface area contributed by atoms with Gasteiger partial charge in [-0.05, 0) is 6.42 Å². The highest BCUT2D eigenvalue weighted by Gasteiger charge is 2.96. The second-order valence-electron chi connectivity index (χ2n) is 11.8. The molecule has 0 spiro atoms. The van der Waals surface area contributed by atoms with E-state index >= 15 is 0 Å². The van der Waals surface area contributed by atoms with Crippen LogP contribution in [0.25, 0.3) is 0 Å². The SMILES string of the molecule is C=C(CCC(F)(F)C(F)(F)C(F)(F)C(F)(F)C(F)(F)C(F)(F)C(F)(F)C(F)(F)F)C(=O)O.C=CC(=O)OCCC(F)(F)C(F)(F)C(F)(F)C(F)(F)C(F)(F)C(F)(F)C(F)(F)C(F)(F)F. The third kappa shape index (κ3) is 9.49. The lowest BCUT2D eigenvalue weighted by atomic mass is 9.87. The van der Waals surface area contributed by atoms with Crippen LogP contribution in [0.3, 0.4) is 0 Å². The lowest BCUT2D eigenvalue weighted by molar-refractivity contribution is -0.461. The van der Waals surface area contributed by atoms with E-state index < -0.39 is 139 Å². The number of carboxylic acids is 1. The molecule has 1 N–H and O–H groups in total. The van der Waals surface area contributed by atoms with Gasteiger partial charge in [-0.15, -0.1) is 0 Å². The number of carbonyl (C=O) groups excluding carboxylic acids is 1. The second-order valence-corrected chi connectivity index (χ2v) is 11.8. The molecule has 38 heteroatoms. The Morgan fingerprint density at radius 1 is 0.391 bits per heavy atom. The van der Waals surface area contributed by atoms with Crippen LogP contribution >= 0.6 is 0 Å². The predicted molar refractivity (Wildman–Crippen MR) is 133 cm³/mol. The van der Waals surface area contributed by atoms with Gasteiger partial charge in [-0.1, -0.05) is 13.2 Å². The zero-order valence-corrected chi connectivity index (χ0v) is 28.8. The molecule has 0 heterocycles. The van der Waals surface area contributed by atoms with Crippen LogP contribution in [0.15, 0.2) is 24.8 Å². The fourth-order valence-corrected chi connectivity index (χ4v) is 3.46. The van der Waals surface area contributed by atoms with Crippen LogP contribution in [0.5, 0.6) is 0 Å². The Labute approximate surface area is 327 Å². The summed E-state index contributed by atoms with van der Waals surface area (Å²) in [6, 6.07) is 0. The summed E-state index contributed by atoms with van der Waals surface area (Å²) in [5.41, 5.74) is -1.43. The minimum atomic E-state index is -8.69. The lowest BCUT2D eigenvalue weighted by Crippen LogP contribution is -2.74. The van der Waals surface area contributed by atoms with Crippen molar-refractivity contribution in [1.29, 1.82) is 0 Å². The first-order valence-electron chi connectivity index (χ1n) is 14.4. The second kappa shape index (κ2) is 17.4. The number of esters is 1. The van der Waals surface area contributed by atoms with Crippen molar-refractivity contribution < 1.29 is 169 Å². The van der Waals surface area contributed by atoms with E-state index in [9.17, 15) is 159 Å². The summed E-state index contributed by atoms with van der Waals surface area (Å²) in [6.45, 7) is 3.12. The summed E-state index contributed by atoms with van der Waals surface area (Å²) in [4.78, 5) is 20.8. The number of halogens is 34. The quantitative estimate of drug-likeness (QED) is 0.0750. The molecule has 4 nitrogen and oxygen atoms in total. The zero-order chi connectivity index (χ0) is 53.0. The summed E-state index contributed by atoms with van der Waals surface area (Å²) in [5.74, 6) is -118. The van der Waals surface area contributed by atoms with Gasteiger partial charge in [0, 0.05) is 18.1 Å². The molecule has 0 saturated carbocycles. The fraction of sp³-hybridized carbons (Fsp3) is 0.769. The molecule has 0 bridgehead atoms. The molecule has 0 radical (unpaired) electrons. The first-order chi connectivity index (χ1) is 27.3. The summed E-state index contributed by atoms with van der Waals surface area (Å²) < 4.78 is 444. The van der Waals surface area contributed by atoms with Crippen molar-refractivity contribution in [2.75, 3.05) is 6.61 Å². The van der Waals surface area contributed by atoms with Gasteiger partial charge in [0.05, 0.1) is 13.0 Å². The molecule has 0 atom stereocenters. The molecule has 0 saturated heterocycles. The Balaban J connectivity index is 0. The van der Waals surface area contributed by atoms with E-state index in [2.05, 4.69) is 17.9 Å². The zero-order valence-electron chi connectivity index (χ0n) is 28.8. The first-order valence-corrected chi connectivity index (χ1v) is 14.4. The van der Waals surface area contributed by atoms with Crippen molar-refractivity contribution in [3.8, 4) is 0 Å². The van der Waals surface area contributed by atoms with Gasteiger partial charge in [0.2, 0.25) is 0 Å².